The van der Waals surface area contributed by atoms with E-state index in [0.717, 1.165) is 5.69 Å². The lowest BCUT2D eigenvalue weighted by atomic mass is 10.2. The standard InChI is InChI=1S/C10H9N3O/c1-7-6-8(10(14)13-12-7)9-4-2-3-5-11-9/h2-6H,1H3,(H,13,14). The molecular formula is C10H9N3O. The summed E-state index contributed by atoms with van der Waals surface area (Å²) in [5.74, 6) is 0. The third-order valence-electron chi connectivity index (χ3n) is 1.87. The van der Waals surface area contributed by atoms with Crippen LogP contribution in [0, 0.1) is 6.92 Å². The monoisotopic (exact) mass is 187 g/mol. The highest BCUT2D eigenvalue weighted by molar-refractivity contribution is 5.57. The van der Waals surface area contributed by atoms with E-state index in [0.29, 0.717) is 11.3 Å². The van der Waals surface area contributed by atoms with E-state index in [1.165, 1.54) is 0 Å². The molecule has 4 heteroatoms. The molecule has 0 radical (unpaired) electrons. The van der Waals surface area contributed by atoms with Crippen LogP contribution in [0.15, 0.2) is 35.3 Å². The number of aromatic nitrogens is 3. The van der Waals surface area contributed by atoms with Crippen LogP contribution in [0.25, 0.3) is 11.3 Å². The number of nitrogens with one attached hydrogen (secondary N) is 1. The van der Waals surface area contributed by atoms with E-state index >= 15 is 0 Å². The number of hydrogen-bond acceptors (Lipinski definition) is 3. The van der Waals surface area contributed by atoms with Crippen LogP contribution >= 0.6 is 0 Å². The Balaban J connectivity index is 2.63. The Labute approximate surface area is 80.6 Å². The van der Waals surface area contributed by atoms with Gasteiger partial charge >= 0.3 is 0 Å². The topological polar surface area (TPSA) is 58.6 Å². The average molecular weight is 187 g/mol. The van der Waals surface area contributed by atoms with E-state index in [4.69, 9.17) is 0 Å². The molecule has 0 aromatic carbocycles. The molecule has 14 heavy (non-hydrogen) atoms. The van der Waals surface area contributed by atoms with Crippen molar-refractivity contribution in [2.45, 2.75) is 6.92 Å². The molecule has 4 nitrogen and oxygen atoms in total. The minimum Gasteiger partial charge on any atom is -0.267 e. The molecule has 0 unspecified atom stereocenters. The van der Waals surface area contributed by atoms with Crippen LogP contribution in [0.3, 0.4) is 0 Å². The zero-order chi connectivity index (χ0) is 9.97. The van der Waals surface area contributed by atoms with Gasteiger partial charge in [0.1, 0.15) is 0 Å². The Kier molecular flexibility index (Phi) is 2.10. The van der Waals surface area contributed by atoms with Crippen molar-refractivity contribution in [3.05, 3.63) is 46.5 Å². The summed E-state index contributed by atoms with van der Waals surface area (Å²) in [5, 5.41) is 6.22. The summed E-state index contributed by atoms with van der Waals surface area (Å²) < 4.78 is 0. The fourth-order valence-corrected chi connectivity index (χ4v) is 1.22. The molecule has 70 valence electrons. The highest BCUT2D eigenvalue weighted by Gasteiger charge is 2.03. The third-order valence-corrected chi connectivity index (χ3v) is 1.87. The van der Waals surface area contributed by atoms with Crippen molar-refractivity contribution in [2.24, 2.45) is 0 Å². The Bertz CT molecular complexity index is 490. The molecule has 2 heterocycles. The summed E-state index contributed by atoms with van der Waals surface area (Å²) in [6.45, 7) is 1.82. The Morgan fingerprint density at radius 2 is 2.21 bits per heavy atom. The maximum absolute atomic E-state index is 11.4. The van der Waals surface area contributed by atoms with Gasteiger partial charge in [0.25, 0.3) is 5.56 Å². The second kappa shape index (κ2) is 3.41. The van der Waals surface area contributed by atoms with Crippen molar-refractivity contribution >= 4 is 0 Å². The number of rotatable bonds is 1. The first-order valence-electron chi connectivity index (χ1n) is 4.25. The maximum atomic E-state index is 11.4. The summed E-state index contributed by atoms with van der Waals surface area (Å²) in [6, 6.07) is 7.18. The van der Waals surface area contributed by atoms with Gasteiger partial charge in [0.2, 0.25) is 0 Å². The summed E-state index contributed by atoms with van der Waals surface area (Å²) in [6.07, 6.45) is 1.66. The van der Waals surface area contributed by atoms with Crippen LogP contribution in [-0.4, -0.2) is 15.2 Å². The Hall–Kier alpha value is -1.97. The number of hydrogen-bond donors (Lipinski definition) is 1. The molecule has 1 N–H and O–H groups in total. The predicted molar refractivity (Wildman–Crippen MR) is 52.8 cm³/mol. The van der Waals surface area contributed by atoms with E-state index < -0.39 is 0 Å². The van der Waals surface area contributed by atoms with Crippen LogP contribution < -0.4 is 5.56 Å². The van der Waals surface area contributed by atoms with E-state index in [2.05, 4.69) is 15.2 Å². The second-order valence-electron chi connectivity index (χ2n) is 2.97. The normalized spacial score (nSPS) is 10.1. The van der Waals surface area contributed by atoms with Crippen molar-refractivity contribution in [3.63, 3.8) is 0 Å². The van der Waals surface area contributed by atoms with Crippen LogP contribution in [0.5, 0.6) is 0 Å². The van der Waals surface area contributed by atoms with Gasteiger partial charge in [-0.25, -0.2) is 5.10 Å². The summed E-state index contributed by atoms with van der Waals surface area (Å²) in [7, 11) is 0. The van der Waals surface area contributed by atoms with Gasteiger partial charge in [-0.05, 0) is 25.1 Å². The van der Waals surface area contributed by atoms with E-state index in [1.54, 1.807) is 18.3 Å². The number of H-pyrrole nitrogens is 1. The molecule has 0 aliphatic carbocycles. The Morgan fingerprint density at radius 1 is 1.36 bits per heavy atom. The highest BCUT2D eigenvalue weighted by Crippen LogP contribution is 2.10. The minimum atomic E-state index is -0.214. The number of nitrogens with zero attached hydrogens (tertiary/aromatic N) is 2. The summed E-state index contributed by atoms with van der Waals surface area (Å²) in [5.41, 5.74) is 1.77. The van der Waals surface area contributed by atoms with Crippen molar-refractivity contribution in [2.75, 3.05) is 0 Å². The smallest absolute Gasteiger partial charge is 0.267 e. The fourth-order valence-electron chi connectivity index (χ4n) is 1.22. The largest absolute Gasteiger partial charge is 0.273 e. The van der Waals surface area contributed by atoms with Crippen molar-refractivity contribution < 1.29 is 0 Å². The first kappa shape index (κ1) is 8.62. The third kappa shape index (κ3) is 1.54. The summed E-state index contributed by atoms with van der Waals surface area (Å²) >= 11 is 0. The van der Waals surface area contributed by atoms with Crippen LogP contribution in [0.1, 0.15) is 5.69 Å². The first-order valence-corrected chi connectivity index (χ1v) is 4.25. The number of aryl methyl sites for hydroxylation is 1. The van der Waals surface area contributed by atoms with Crippen molar-refractivity contribution in [1.29, 1.82) is 0 Å². The molecule has 2 aromatic heterocycles. The molecule has 0 saturated carbocycles. The zero-order valence-electron chi connectivity index (χ0n) is 7.69. The molecule has 0 atom stereocenters. The Morgan fingerprint density at radius 3 is 2.93 bits per heavy atom. The van der Waals surface area contributed by atoms with Crippen molar-refractivity contribution in [3.8, 4) is 11.3 Å². The van der Waals surface area contributed by atoms with Gasteiger partial charge in [-0.3, -0.25) is 9.78 Å². The average Bonchev–Trinajstić information content (AvgIpc) is 2.23. The molecule has 0 fully saturated rings. The van der Waals surface area contributed by atoms with Gasteiger partial charge in [-0.1, -0.05) is 6.07 Å². The zero-order valence-corrected chi connectivity index (χ0v) is 7.69. The van der Waals surface area contributed by atoms with E-state index in [1.807, 2.05) is 19.1 Å². The van der Waals surface area contributed by atoms with Gasteiger partial charge in [-0.2, -0.15) is 5.10 Å². The minimum absolute atomic E-state index is 0.214. The lowest BCUT2D eigenvalue weighted by molar-refractivity contribution is 0.947. The van der Waals surface area contributed by atoms with Crippen LogP contribution in [0.4, 0.5) is 0 Å². The molecule has 0 aliphatic rings. The fraction of sp³-hybridized carbons (Fsp3) is 0.100. The van der Waals surface area contributed by atoms with Crippen molar-refractivity contribution in [1.82, 2.24) is 15.2 Å². The van der Waals surface area contributed by atoms with Gasteiger partial charge in [0.15, 0.2) is 0 Å². The molecular weight excluding hydrogens is 178 g/mol. The number of aromatic amines is 1. The van der Waals surface area contributed by atoms with Crippen LogP contribution in [0.2, 0.25) is 0 Å². The molecule has 0 bridgehead atoms. The van der Waals surface area contributed by atoms with Gasteiger partial charge in [0, 0.05) is 6.20 Å². The lowest BCUT2D eigenvalue weighted by Gasteiger charge is -1.98. The maximum Gasteiger partial charge on any atom is 0.273 e. The quantitative estimate of drug-likeness (QED) is 0.728. The van der Waals surface area contributed by atoms with Gasteiger partial charge in [0.05, 0.1) is 17.0 Å². The molecule has 2 aromatic rings. The van der Waals surface area contributed by atoms with Gasteiger partial charge < -0.3 is 0 Å². The number of pyridine rings is 1. The SMILES string of the molecule is Cc1cc(-c2ccccn2)c(=O)[nH]n1. The van der Waals surface area contributed by atoms with Gasteiger partial charge in [-0.15, -0.1) is 0 Å². The highest BCUT2D eigenvalue weighted by atomic mass is 16.1. The second-order valence-corrected chi connectivity index (χ2v) is 2.97. The summed E-state index contributed by atoms with van der Waals surface area (Å²) in [4.78, 5) is 15.5. The predicted octanol–water partition coefficient (Wildman–Crippen LogP) is 1.14. The molecule has 0 amide bonds. The first-order chi connectivity index (χ1) is 6.77. The van der Waals surface area contributed by atoms with E-state index in [-0.39, 0.29) is 5.56 Å². The van der Waals surface area contributed by atoms with Crippen LogP contribution in [-0.2, 0) is 0 Å². The molecule has 0 aliphatic heterocycles. The molecule has 2 rings (SSSR count). The lowest BCUT2D eigenvalue weighted by Crippen LogP contribution is -2.11. The van der Waals surface area contributed by atoms with E-state index in [9.17, 15) is 4.79 Å². The molecule has 0 saturated heterocycles. The molecule has 0 spiro atoms.